The summed E-state index contributed by atoms with van der Waals surface area (Å²) in [4.78, 5) is 0. The third-order valence-corrected chi connectivity index (χ3v) is 2.91. The maximum Gasteiger partial charge on any atom is 0.0420 e. The van der Waals surface area contributed by atoms with Crippen LogP contribution in [0.4, 0.5) is 5.69 Å². The molecule has 76 valence electrons. The smallest absolute Gasteiger partial charge is 0.0420 e. The summed E-state index contributed by atoms with van der Waals surface area (Å²) in [6.45, 7) is 6.45. The van der Waals surface area contributed by atoms with Gasteiger partial charge in [-0.15, -0.1) is 0 Å². The minimum atomic E-state index is 0.194. The summed E-state index contributed by atoms with van der Waals surface area (Å²) in [7, 11) is 0. The van der Waals surface area contributed by atoms with Crippen molar-refractivity contribution in [2.45, 2.75) is 39.3 Å². The van der Waals surface area contributed by atoms with Gasteiger partial charge >= 0.3 is 0 Å². The lowest BCUT2D eigenvalue weighted by Gasteiger charge is -2.30. The van der Waals surface area contributed by atoms with E-state index >= 15 is 0 Å². The van der Waals surface area contributed by atoms with Crippen LogP contribution in [0.25, 0.3) is 0 Å². The molecule has 1 aliphatic heterocycles. The van der Waals surface area contributed by atoms with Gasteiger partial charge < -0.3 is 11.1 Å². The van der Waals surface area contributed by atoms with Gasteiger partial charge in [0.05, 0.1) is 0 Å². The third kappa shape index (κ3) is 1.50. The Hall–Kier alpha value is -1.02. The van der Waals surface area contributed by atoms with E-state index in [0.29, 0.717) is 6.04 Å². The van der Waals surface area contributed by atoms with Crippen molar-refractivity contribution in [1.82, 2.24) is 0 Å². The van der Waals surface area contributed by atoms with Crippen molar-refractivity contribution in [3.05, 3.63) is 28.8 Å². The number of fused-ring (bicyclic) bond motifs is 1. The zero-order valence-corrected chi connectivity index (χ0v) is 9.09. The highest BCUT2D eigenvalue weighted by Crippen LogP contribution is 2.34. The van der Waals surface area contributed by atoms with Crippen LogP contribution in [0.5, 0.6) is 0 Å². The summed E-state index contributed by atoms with van der Waals surface area (Å²) in [5, 5.41) is 3.51. The van der Waals surface area contributed by atoms with Crippen LogP contribution in [0, 0.1) is 13.8 Å². The molecule has 1 heterocycles. The van der Waals surface area contributed by atoms with Gasteiger partial charge in [-0.1, -0.05) is 17.7 Å². The summed E-state index contributed by atoms with van der Waals surface area (Å²) in [6, 6.07) is 5.08. The molecule has 2 nitrogen and oxygen atoms in total. The molecule has 0 radical (unpaired) electrons. The van der Waals surface area contributed by atoms with Crippen LogP contribution in [0.15, 0.2) is 12.1 Å². The Morgan fingerprint density at radius 3 is 2.79 bits per heavy atom. The standard InChI is InChI=1S/C12H18N2/c1-7-4-8(2)12-10(5-7)11(13)6-9(3)14-12/h4-5,9,11,14H,6,13H2,1-3H3. The van der Waals surface area contributed by atoms with Crippen molar-refractivity contribution < 1.29 is 0 Å². The van der Waals surface area contributed by atoms with E-state index in [4.69, 9.17) is 5.73 Å². The molecule has 0 saturated carbocycles. The van der Waals surface area contributed by atoms with Gasteiger partial charge in [0.25, 0.3) is 0 Å². The third-order valence-electron chi connectivity index (χ3n) is 2.91. The van der Waals surface area contributed by atoms with Crippen LogP contribution < -0.4 is 11.1 Å². The molecular weight excluding hydrogens is 172 g/mol. The molecule has 2 heteroatoms. The monoisotopic (exact) mass is 190 g/mol. The van der Waals surface area contributed by atoms with Crippen LogP contribution in [0.2, 0.25) is 0 Å². The van der Waals surface area contributed by atoms with Gasteiger partial charge in [0.2, 0.25) is 0 Å². The van der Waals surface area contributed by atoms with Gasteiger partial charge in [0, 0.05) is 17.8 Å². The Labute approximate surface area is 85.5 Å². The second kappa shape index (κ2) is 3.28. The summed E-state index contributed by atoms with van der Waals surface area (Å²) < 4.78 is 0. The van der Waals surface area contributed by atoms with Crippen molar-refractivity contribution in [2.24, 2.45) is 5.73 Å². The number of rotatable bonds is 0. The number of benzene rings is 1. The number of nitrogens with two attached hydrogens (primary N) is 1. The summed E-state index contributed by atoms with van der Waals surface area (Å²) >= 11 is 0. The fraction of sp³-hybridized carbons (Fsp3) is 0.500. The first kappa shape index (κ1) is 9.53. The predicted molar refractivity (Wildman–Crippen MR) is 60.5 cm³/mol. The molecule has 0 aromatic heterocycles. The van der Waals surface area contributed by atoms with Crippen LogP contribution in [-0.2, 0) is 0 Å². The molecule has 0 spiro atoms. The second-order valence-corrected chi connectivity index (χ2v) is 4.43. The Kier molecular flexibility index (Phi) is 2.23. The van der Waals surface area contributed by atoms with Crippen LogP contribution in [-0.4, -0.2) is 6.04 Å². The number of aryl methyl sites for hydroxylation is 2. The first-order valence-electron chi connectivity index (χ1n) is 5.21. The SMILES string of the molecule is Cc1cc(C)c2c(c1)C(N)CC(C)N2. The van der Waals surface area contributed by atoms with Crippen LogP contribution in [0.3, 0.4) is 0 Å². The highest BCUT2D eigenvalue weighted by atomic mass is 14.9. The Morgan fingerprint density at radius 2 is 2.07 bits per heavy atom. The van der Waals surface area contributed by atoms with Crippen LogP contribution >= 0.6 is 0 Å². The molecule has 2 atom stereocenters. The first-order valence-corrected chi connectivity index (χ1v) is 5.21. The van der Waals surface area contributed by atoms with Crippen molar-refractivity contribution >= 4 is 5.69 Å². The molecular formula is C12H18N2. The maximum absolute atomic E-state index is 6.13. The summed E-state index contributed by atoms with van der Waals surface area (Å²) in [5.41, 5.74) is 11.3. The fourth-order valence-electron chi connectivity index (χ4n) is 2.30. The van der Waals surface area contributed by atoms with E-state index in [1.165, 1.54) is 22.4 Å². The molecule has 0 saturated heterocycles. The molecule has 14 heavy (non-hydrogen) atoms. The lowest BCUT2D eigenvalue weighted by Crippen LogP contribution is -2.30. The Bertz CT molecular complexity index is 358. The number of nitrogens with one attached hydrogen (secondary N) is 1. The van der Waals surface area contributed by atoms with Gasteiger partial charge in [-0.05, 0) is 38.3 Å². The lowest BCUT2D eigenvalue weighted by atomic mass is 9.91. The summed E-state index contributed by atoms with van der Waals surface area (Å²) in [6.07, 6.45) is 1.02. The zero-order valence-electron chi connectivity index (χ0n) is 9.09. The second-order valence-electron chi connectivity index (χ2n) is 4.43. The molecule has 1 aromatic rings. The molecule has 0 amide bonds. The van der Waals surface area contributed by atoms with Crippen molar-refractivity contribution in [2.75, 3.05) is 5.32 Å². The van der Waals surface area contributed by atoms with E-state index in [-0.39, 0.29) is 6.04 Å². The molecule has 2 rings (SSSR count). The fourth-order valence-corrected chi connectivity index (χ4v) is 2.30. The normalized spacial score (nSPS) is 25.4. The highest BCUT2D eigenvalue weighted by molar-refractivity contribution is 5.61. The van der Waals surface area contributed by atoms with Crippen LogP contribution in [0.1, 0.15) is 36.1 Å². The summed E-state index contributed by atoms with van der Waals surface area (Å²) in [5.74, 6) is 0. The quantitative estimate of drug-likeness (QED) is 0.659. The predicted octanol–water partition coefficient (Wildman–Crippen LogP) is 2.51. The van der Waals surface area contributed by atoms with E-state index in [2.05, 4.69) is 38.2 Å². The number of anilines is 1. The van der Waals surface area contributed by atoms with Crippen molar-refractivity contribution in [3.63, 3.8) is 0 Å². The van der Waals surface area contributed by atoms with Gasteiger partial charge in [-0.2, -0.15) is 0 Å². The Morgan fingerprint density at radius 1 is 1.36 bits per heavy atom. The molecule has 1 aliphatic rings. The minimum absolute atomic E-state index is 0.194. The molecule has 3 N–H and O–H groups in total. The molecule has 0 aliphatic carbocycles. The zero-order chi connectivity index (χ0) is 10.3. The van der Waals surface area contributed by atoms with Gasteiger partial charge in [-0.25, -0.2) is 0 Å². The molecule has 0 fully saturated rings. The van der Waals surface area contributed by atoms with Crippen molar-refractivity contribution in [3.8, 4) is 0 Å². The van der Waals surface area contributed by atoms with E-state index in [0.717, 1.165) is 6.42 Å². The number of hydrogen-bond acceptors (Lipinski definition) is 2. The average Bonchev–Trinajstić information content (AvgIpc) is 2.07. The number of hydrogen-bond donors (Lipinski definition) is 2. The lowest BCUT2D eigenvalue weighted by molar-refractivity contribution is 0.569. The maximum atomic E-state index is 6.13. The first-order chi connectivity index (χ1) is 6.58. The average molecular weight is 190 g/mol. The molecule has 0 bridgehead atoms. The van der Waals surface area contributed by atoms with Gasteiger partial charge in [0.15, 0.2) is 0 Å². The highest BCUT2D eigenvalue weighted by Gasteiger charge is 2.22. The topological polar surface area (TPSA) is 38.0 Å². The van der Waals surface area contributed by atoms with E-state index in [9.17, 15) is 0 Å². The van der Waals surface area contributed by atoms with E-state index < -0.39 is 0 Å². The van der Waals surface area contributed by atoms with Crippen molar-refractivity contribution in [1.29, 1.82) is 0 Å². The molecule has 2 unspecified atom stereocenters. The largest absolute Gasteiger partial charge is 0.382 e. The van der Waals surface area contributed by atoms with Gasteiger partial charge in [0.1, 0.15) is 0 Å². The van der Waals surface area contributed by atoms with E-state index in [1.807, 2.05) is 0 Å². The van der Waals surface area contributed by atoms with E-state index in [1.54, 1.807) is 0 Å². The molecule has 1 aromatic carbocycles. The minimum Gasteiger partial charge on any atom is -0.382 e. The Balaban J connectivity index is 2.53. The van der Waals surface area contributed by atoms with Gasteiger partial charge in [-0.3, -0.25) is 0 Å².